The number of methoxy groups -OCH3 is 1. The quantitative estimate of drug-likeness (QED) is 0.886. The molecule has 18 heavy (non-hydrogen) atoms. The topological polar surface area (TPSA) is 66.0 Å². The van der Waals surface area contributed by atoms with Gasteiger partial charge in [0.2, 0.25) is 0 Å². The second-order valence-corrected chi connectivity index (χ2v) is 3.70. The SMILES string of the molecule is COc1c(F)cc(Cn2cc(CN)nn2)cc1F. The van der Waals surface area contributed by atoms with E-state index in [0.29, 0.717) is 11.3 Å². The van der Waals surface area contributed by atoms with Crippen LogP contribution in [0.1, 0.15) is 11.3 Å². The third-order valence-electron chi connectivity index (χ3n) is 2.40. The maximum absolute atomic E-state index is 13.5. The molecule has 96 valence electrons. The first kappa shape index (κ1) is 12.4. The standard InChI is InChI=1S/C11H12F2N4O/c1-18-11-9(12)2-7(3-10(11)13)5-17-6-8(4-14)15-16-17/h2-3,6H,4-5,14H2,1H3. The van der Waals surface area contributed by atoms with Gasteiger partial charge in [0.25, 0.3) is 0 Å². The van der Waals surface area contributed by atoms with E-state index in [2.05, 4.69) is 15.0 Å². The number of rotatable bonds is 4. The third-order valence-corrected chi connectivity index (χ3v) is 2.40. The second-order valence-electron chi connectivity index (χ2n) is 3.70. The number of benzene rings is 1. The van der Waals surface area contributed by atoms with E-state index in [0.717, 1.165) is 0 Å². The summed E-state index contributed by atoms with van der Waals surface area (Å²) in [6.45, 7) is 0.482. The van der Waals surface area contributed by atoms with Crippen molar-refractivity contribution in [3.63, 3.8) is 0 Å². The Morgan fingerprint density at radius 2 is 2.00 bits per heavy atom. The zero-order valence-corrected chi connectivity index (χ0v) is 9.73. The van der Waals surface area contributed by atoms with Crippen LogP contribution < -0.4 is 10.5 Å². The maximum atomic E-state index is 13.5. The Morgan fingerprint density at radius 1 is 1.33 bits per heavy atom. The van der Waals surface area contributed by atoms with E-state index in [1.807, 2.05) is 0 Å². The summed E-state index contributed by atoms with van der Waals surface area (Å²) in [4.78, 5) is 0. The number of hydrogen-bond donors (Lipinski definition) is 1. The zero-order chi connectivity index (χ0) is 13.1. The van der Waals surface area contributed by atoms with Crippen LogP contribution in [0, 0.1) is 11.6 Å². The highest BCUT2D eigenvalue weighted by molar-refractivity contribution is 5.31. The molecule has 0 fully saturated rings. The number of nitrogens with two attached hydrogens (primary N) is 1. The molecule has 2 N–H and O–H groups in total. The van der Waals surface area contributed by atoms with Crippen molar-refractivity contribution < 1.29 is 13.5 Å². The number of nitrogens with zero attached hydrogens (tertiary/aromatic N) is 3. The summed E-state index contributed by atoms with van der Waals surface area (Å²) in [5.74, 6) is -1.88. The van der Waals surface area contributed by atoms with E-state index in [4.69, 9.17) is 5.73 Å². The zero-order valence-electron chi connectivity index (χ0n) is 9.73. The molecule has 5 nitrogen and oxygen atoms in total. The lowest BCUT2D eigenvalue weighted by Crippen LogP contribution is -2.03. The van der Waals surface area contributed by atoms with Gasteiger partial charge in [-0.1, -0.05) is 5.21 Å². The Labute approximate surface area is 102 Å². The highest BCUT2D eigenvalue weighted by Crippen LogP contribution is 2.23. The van der Waals surface area contributed by atoms with Gasteiger partial charge in [0, 0.05) is 6.54 Å². The van der Waals surface area contributed by atoms with Crippen LogP contribution >= 0.6 is 0 Å². The Morgan fingerprint density at radius 3 is 2.50 bits per heavy atom. The minimum absolute atomic E-state index is 0.213. The average Bonchev–Trinajstić information content (AvgIpc) is 2.76. The van der Waals surface area contributed by atoms with Crippen LogP contribution in [0.4, 0.5) is 8.78 Å². The molecule has 0 aliphatic carbocycles. The molecule has 0 radical (unpaired) electrons. The number of aromatic nitrogens is 3. The first-order valence-corrected chi connectivity index (χ1v) is 5.25. The van der Waals surface area contributed by atoms with Gasteiger partial charge in [-0.2, -0.15) is 0 Å². The molecule has 0 aliphatic heterocycles. The molecule has 0 unspecified atom stereocenters. The summed E-state index contributed by atoms with van der Waals surface area (Å²) < 4.78 is 33.0. The molecule has 1 heterocycles. The molecule has 0 bridgehead atoms. The molecule has 2 rings (SSSR count). The summed E-state index contributed by atoms with van der Waals surface area (Å²) in [7, 11) is 1.21. The minimum Gasteiger partial charge on any atom is -0.491 e. The first-order valence-electron chi connectivity index (χ1n) is 5.25. The van der Waals surface area contributed by atoms with Crippen molar-refractivity contribution in [3.8, 4) is 5.75 Å². The normalized spacial score (nSPS) is 10.7. The van der Waals surface area contributed by atoms with Crippen molar-refractivity contribution in [3.05, 3.63) is 41.2 Å². The fourth-order valence-corrected chi connectivity index (χ4v) is 1.60. The van der Waals surface area contributed by atoms with Crippen molar-refractivity contribution >= 4 is 0 Å². The number of ether oxygens (including phenoxy) is 1. The molecule has 1 aromatic carbocycles. The minimum atomic E-state index is -0.744. The summed E-state index contributed by atoms with van der Waals surface area (Å²) in [6.07, 6.45) is 1.63. The summed E-state index contributed by atoms with van der Waals surface area (Å²) in [5.41, 5.74) is 6.44. The molecule has 0 saturated carbocycles. The summed E-state index contributed by atoms with van der Waals surface area (Å²) in [6, 6.07) is 2.40. The van der Waals surface area contributed by atoms with E-state index >= 15 is 0 Å². The van der Waals surface area contributed by atoms with Crippen LogP contribution in [-0.2, 0) is 13.1 Å². The van der Waals surface area contributed by atoms with Crippen LogP contribution in [0.2, 0.25) is 0 Å². The van der Waals surface area contributed by atoms with Gasteiger partial charge in [-0.15, -0.1) is 5.10 Å². The van der Waals surface area contributed by atoms with Gasteiger partial charge in [0.1, 0.15) is 0 Å². The van der Waals surface area contributed by atoms with Crippen molar-refractivity contribution in [1.82, 2.24) is 15.0 Å². The third kappa shape index (κ3) is 2.45. The smallest absolute Gasteiger partial charge is 0.190 e. The molecule has 7 heteroatoms. The fraction of sp³-hybridized carbons (Fsp3) is 0.273. The molecule has 0 aliphatic rings. The summed E-state index contributed by atoms with van der Waals surface area (Å²) in [5, 5.41) is 7.58. The molecule has 0 spiro atoms. The lowest BCUT2D eigenvalue weighted by molar-refractivity contribution is 0.359. The van der Waals surface area contributed by atoms with Gasteiger partial charge >= 0.3 is 0 Å². The Balaban J connectivity index is 2.24. The Bertz CT molecular complexity index is 533. The molecule has 1 aromatic heterocycles. The van der Waals surface area contributed by atoms with Crippen LogP contribution in [-0.4, -0.2) is 22.1 Å². The highest BCUT2D eigenvalue weighted by atomic mass is 19.1. The van der Waals surface area contributed by atoms with Gasteiger partial charge < -0.3 is 10.5 Å². The van der Waals surface area contributed by atoms with Crippen LogP contribution in [0.25, 0.3) is 0 Å². The van der Waals surface area contributed by atoms with Gasteiger partial charge in [0.15, 0.2) is 17.4 Å². The van der Waals surface area contributed by atoms with Gasteiger partial charge in [-0.25, -0.2) is 13.5 Å². The van der Waals surface area contributed by atoms with Crippen molar-refractivity contribution in [2.45, 2.75) is 13.1 Å². The lowest BCUT2D eigenvalue weighted by Gasteiger charge is -2.06. The van der Waals surface area contributed by atoms with Gasteiger partial charge in [-0.05, 0) is 17.7 Å². The highest BCUT2D eigenvalue weighted by Gasteiger charge is 2.12. The molecule has 0 atom stereocenters. The molecular formula is C11H12F2N4O. The van der Waals surface area contributed by atoms with Crippen molar-refractivity contribution in [2.75, 3.05) is 7.11 Å². The molecular weight excluding hydrogens is 242 g/mol. The molecule has 2 aromatic rings. The second kappa shape index (κ2) is 5.09. The first-order chi connectivity index (χ1) is 8.63. The fourth-order valence-electron chi connectivity index (χ4n) is 1.60. The Hall–Kier alpha value is -2.02. The van der Waals surface area contributed by atoms with Crippen molar-refractivity contribution in [2.24, 2.45) is 5.73 Å². The largest absolute Gasteiger partial charge is 0.491 e. The Kier molecular flexibility index (Phi) is 3.52. The molecule has 0 saturated heterocycles. The van der Waals surface area contributed by atoms with E-state index in [-0.39, 0.29) is 18.8 Å². The lowest BCUT2D eigenvalue weighted by atomic mass is 10.2. The van der Waals surface area contributed by atoms with Crippen LogP contribution in [0.3, 0.4) is 0 Å². The maximum Gasteiger partial charge on any atom is 0.190 e. The van der Waals surface area contributed by atoms with Crippen LogP contribution in [0.15, 0.2) is 18.3 Å². The van der Waals surface area contributed by atoms with E-state index < -0.39 is 11.6 Å². The average molecular weight is 254 g/mol. The summed E-state index contributed by atoms with van der Waals surface area (Å²) >= 11 is 0. The predicted octanol–water partition coefficient (Wildman–Crippen LogP) is 1.07. The number of halogens is 2. The van der Waals surface area contributed by atoms with Gasteiger partial charge in [-0.3, -0.25) is 0 Å². The van der Waals surface area contributed by atoms with Crippen LogP contribution in [0.5, 0.6) is 5.75 Å². The monoisotopic (exact) mass is 254 g/mol. The van der Waals surface area contributed by atoms with Crippen molar-refractivity contribution in [1.29, 1.82) is 0 Å². The van der Waals surface area contributed by atoms with Gasteiger partial charge in [0.05, 0.1) is 25.5 Å². The van der Waals surface area contributed by atoms with E-state index in [1.165, 1.54) is 23.9 Å². The predicted molar refractivity (Wildman–Crippen MR) is 59.9 cm³/mol. The molecule has 0 amide bonds. The van der Waals surface area contributed by atoms with E-state index in [9.17, 15) is 8.78 Å². The number of hydrogen-bond acceptors (Lipinski definition) is 4. The van der Waals surface area contributed by atoms with E-state index in [1.54, 1.807) is 6.20 Å².